The smallest absolute Gasteiger partial charge is 0.419 e. The number of rotatable bonds is 1. The van der Waals surface area contributed by atoms with Crippen LogP contribution in [0.3, 0.4) is 0 Å². The number of ether oxygens (including phenoxy) is 1. The van der Waals surface area contributed by atoms with Crippen LogP contribution < -0.4 is 0 Å². The molecule has 0 N–H and O–H groups in total. The molecule has 0 aliphatic heterocycles. The lowest BCUT2D eigenvalue weighted by atomic mass is 10.2. The van der Waals surface area contributed by atoms with Crippen molar-refractivity contribution in [2.45, 2.75) is 31.7 Å². The van der Waals surface area contributed by atoms with Crippen LogP contribution in [0, 0.1) is 0 Å². The van der Waals surface area contributed by atoms with Gasteiger partial charge in [0.05, 0.1) is 5.52 Å². The zero-order chi connectivity index (χ0) is 14.2. The molecule has 0 saturated heterocycles. The number of para-hydroxylation sites is 1. The maximum absolute atomic E-state index is 12.3. The zero-order valence-electron chi connectivity index (χ0n) is 11.0. The minimum Gasteiger partial charge on any atom is -0.443 e. The van der Waals surface area contributed by atoms with Gasteiger partial charge in [-0.2, -0.15) is 0 Å². The summed E-state index contributed by atoms with van der Waals surface area (Å²) >= 11 is 6.94. The van der Waals surface area contributed by atoms with Gasteiger partial charge in [-0.25, -0.2) is 4.79 Å². The fourth-order valence-corrected chi connectivity index (χ4v) is 2.87. The van der Waals surface area contributed by atoms with Crippen molar-refractivity contribution in [2.75, 3.05) is 0 Å². The van der Waals surface area contributed by atoms with Gasteiger partial charge in [-0.3, -0.25) is 4.57 Å². The van der Waals surface area contributed by atoms with E-state index in [9.17, 15) is 4.79 Å². The average molecular weight is 389 g/mol. The molecular formula is C14H15Br2NO2. The van der Waals surface area contributed by atoms with Crippen molar-refractivity contribution in [3.05, 3.63) is 34.4 Å². The summed E-state index contributed by atoms with van der Waals surface area (Å²) in [4.78, 5) is 12.3. The van der Waals surface area contributed by atoms with Crippen molar-refractivity contribution in [1.29, 1.82) is 0 Å². The molecule has 0 atom stereocenters. The number of carbonyl (C=O) groups is 1. The Labute approximate surface area is 129 Å². The van der Waals surface area contributed by atoms with Crippen LogP contribution in [0.15, 0.2) is 28.9 Å². The summed E-state index contributed by atoms with van der Waals surface area (Å²) in [6.07, 6.45) is 1.45. The van der Waals surface area contributed by atoms with Crippen molar-refractivity contribution in [2.24, 2.45) is 0 Å². The molecule has 0 aliphatic carbocycles. The number of halogens is 2. The third kappa shape index (κ3) is 3.03. The molecule has 0 saturated carbocycles. The molecule has 19 heavy (non-hydrogen) atoms. The molecule has 0 spiro atoms. The summed E-state index contributed by atoms with van der Waals surface area (Å²) in [7, 11) is 0. The van der Waals surface area contributed by atoms with Crippen LogP contribution in [-0.4, -0.2) is 16.3 Å². The van der Waals surface area contributed by atoms with Gasteiger partial charge in [0.15, 0.2) is 0 Å². The number of hydrogen-bond donors (Lipinski definition) is 0. The summed E-state index contributed by atoms with van der Waals surface area (Å²) in [6, 6.07) is 5.87. The van der Waals surface area contributed by atoms with Gasteiger partial charge in [-0.05, 0) is 48.3 Å². The maximum atomic E-state index is 12.3. The van der Waals surface area contributed by atoms with Crippen molar-refractivity contribution in [3.63, 3.8) is 0 Å². The Morgan fingerprint density at radius 3 is 2.63 bits per heavy atom. The first-order chi connectivity index (χ1) is 8.83. The van der Waals surface area contributed by atoms with Gasteiger partial charge in [0.1, 0.15) is 5.60 Å². The Balaban J connectivity index is 2.58. The second-order valence-corrected chi connectivity index (χ2v) is 6.69. The van der Waals surface area contributed by atoms with E-state index in [1.165, 1.54) is 0 Å². The predicted octanol–water partition coefficient (Wildman–Crippen LogP) is 5.08. The molecule has 2 rings (SSSR count). The lowest BCUT2D eigenvalue weighted by Crippen LogP contribution is -2.26. The number of alkyl halides is 1. The molecular weight excluding hydrogens is 374 g/mol. The highest BCUT2D eigenvalue weighted by molar-refractivity contribution is 9.10. The highest BCUT2D eigenvalue weighted by Gasteiger charge is 2.21. The molecule has 5 heteroatoms. The van der Waals surface area contributed by atoms with E-state index in [0.717, 1.165) is 20.9 Å². The van der Waals surface area contributed by atoms with Crippen molar-refractivity contribution >= 4 is 48.9 Å². The summed E-state index contributed by atoms with van der Waals surface area (Å²) in [5, 5.41) is 1.73. The van der Waals surface area contributed by atoms with Crippen LogP contribution in [0.4, 0.5) is 4.79 Å². The highest BCUT2D eigenvalue weighted by Crippen LogP contribution is 2.30. The number of nitrogens with zero attached hydrogens (tertiary/aromatic N) is 1. The minimum atomic E-state index is -0.510. The average Bonchev–Trinajstić information content (AvgIpc) is 2.67. The lowest BCUT2D eigenvalue weighted by molar-refractivity contribution is 0.0544. The summed E-state index contributed by atoms with van der Waals surface area (Å²) < 4.78 is 7.87. The van der Waals surface area contributed by atoms with E-state index in [2.05, 4.69) is 31.9 Å². The topological polar surface area (TPSA) is 31.2 Å². The minimum absolute atomic E-state index is 0.364. The Morgan fingerprint density at radius 1 is 1.37 bits per heavy atom. The zero-order valence-corrected chi connectivity index (χ0v) is 14.2. The van der Waals surface area contributed by atoms with Crippen molar-refractivity contribution in [1.82, 2.24) is 4.57 Å². The Morgan fingerprint density at radius 2 is 2.05 bits per heavy atom. The van der Waals surface area contributed by atoms with E-state index in [-0.39, 0.29) is 6.09 Å². The van der Waals surface area contributed by atoms with E-state index < -0.39 is 5.60 Å². The maximum Gasteiger partial charge on any atom is 0.419 e. The quantitative estimate of drug-likeness (QED) is 0.637. The molecule has 3 nitrogen and oxygen atoms in total. The summed E-state index contributed by atoms with van der Waals surface area (Å²) in [6.45, 7) is 5.57. The van der Waals surface area contributed by atoms with Gasteiger partial charge in [-0.15, -0.1) is 0 Å². The SMILES string of the molecule is CC(C)(C)OC(=O)n1cc(CBr)c2cccc(Br)c21. The first-order valence-electron chi connectivity index (χ1n) is 5.91. The highest BCUT2D eigenvalue weighted by atomic mass is 79.9. The number of hydrogen-bond acceptors (Lipinski definition) is 2. The molecule has 2 aromatic rings. The second kappa shape index (κ2) is 5.29. The van der Waals surface area contributed by atoms with Gasteiger partial charge in [0.25, 0.3) is 0 Å². The van der Waals surface area contributed by atoms with Gasteiger partial charge < -0.3 is 4.74 Å². The predicted molar refractivity (Wildman–Crippen MR) is 83.9 cm³/mol. The first kappa shape index (κ1) is 14.6. The van der Waals surface area contributed by atoms with Crippen LogP contribution in [-0.2, 0) is 10.1 Å². The van der Waals surface area contributed by atoms with E-state index in [4.69, 9.17) is 4.74 Å². The lowest BCUT2D eigenvalue weighted by Gasteiger charge is -2.19. The molecule has 1 aromatic heterocycles. The third-order valence-electron chi connectivity index (χ3n) is 2.59. The van der Waals surface area contributed by atoms with E-state index in [0.29, 0.717) is 5.33 Å². The third-order valence-corrected chi connectivity index (χ3v) is 3.84. The van der Waals surface area contributed by atoms with Gasteiger partial charge in [0, 0.05) is 21.4 Å². The van der Waals surface area contributed by atoms with Gasteiger partial charge >= 0.3 is 6.09 Å². The fourth-order valence-electron chi connectivity index (χ4n) is 1.87. The van der Waals surface area contributed by atoms with Crippen molar-refractivity contribution < 1.29 is 9.53 Å². The summed E-state index contributed by atoms with van der Waals surface area (Å²) in [5.41, 5.74) is 1.39. The van der Waals surface area contributed by atoms with E-state index in [1.807, 2.05) is 45.2 Å². The summed E-state index contributed by atoms with van der Waals surface area (Å²) in [5.74, 6) is 0. The van der Waals surface area contributed by atoms with Crippen LogP contribution in [0.25, 0.3) is 10.9 Å². The number of fused-ring (bicyclic) bond motifs is 1. The van der Waals surface area contributed by atoms with Gasteiger partial charge in [-0.1, -0.05) is 28.1 Å². The van der Waals surface area contributed by atoms with E-state index >= 15 is 0 Å². The van der Waals surface area contributed by atoms with Crippen LogP contribution in [0.5, 0.6) is 0 Å². The molecule has 0 bridgehead atoms. The fraction of sp³-hybridized carbons (Fsp3) is 0.357. The molecule has 102 valence electrons. The van der Waals surface area contributed by atoms with Gasteiger partial charge in [0.2, 0.25) is 0 Å². The van der Waals surface area contributed by atoms with E-state index in [1.54, 1.807) is 4.57 Å². The standard InChI is InChI=1S/C14H15Br2NO2/c1-14(2,3)19-13(18)17-8-9(7-15)10-5-4-6-11(16)12(10)17/h4-6,8H,7H2,1-3H3. The normalized spacial score (nSPS) is 11.8. The molecule has 1 heterocycles. The Hall–Kier alpha value is -0.810. The Kier molecular flexibility index (Phi) is 4.06. The molecule has 1 aromatic carbocycles. The molecule has 0 aliphatic rings. The Bertz CT molecular complexity index is 626. The molecule has 0 unspecified atom stereocenters. The molecule has 0 amide bonds. The van der Waals surface area contributed by atoms with Crippen LogP contribution in [0.1, 0.15) is 26.3 Å². The van der Waals surface area contributed by atoms with Crippen LogP contribution in [0.2, 0.25) is 0 Å². The first-order valence-corrected chi connectivity index (χ1v) is 7.82. The second-order valence-electron chi connectivity index (χ2n) is 5.27. The number of aromatic nitrogens is 1. The number of benzene rings is 1. The largest absolute Gasteiger partial charge is 0.443 e. The number of carbonyl (C=O) groups excluding carboxylic acids is 1. The molecule has 0 fully saturated rings. The van der Waals surface area contributed by atoms with Crippen molar-refractivity contribution in [3.8, 4) is 0 Å². The van der Waals surface area contributed by atoms with Crippen LogP contribution >= 0.6 is 31.9 Å². The molecule has 0 radical (unpaired) electrons. The monoisotopic (exact) mass is 387 g/mol.